The summed E-state index contributed by atoms with van der Waals surface area (Å²) < 4.78 is 4.71. The van der Waals surface area contributed by atoms with Crippen molar-refractivity contribution >= 4 is 34.5 Å². The highest BCUT2D eigenvalue weighted by atomic mass is 16.6. The third kappa shape index (κ3) is 4.76. The molecule has 1 aromatic carbocycles. The quantitative estimate of drug-likeness (QED) is 0.427. The molecule has 4 N–H and O–H groups in total. The lowest BCUT2D eigenvalue weighted by atomic mass is 9.94. The zero-order valence-electron chi connectivity index (χ0n) is 19.7. The Labute approximate surface area is 207 Å². The predicted octanol–water partition coefficient (Wildman–Crippen LogP) is -0.174. The molecule has 3 aliphatic heterocycles. The second kappa shape index (κ2) is 10.2. The van der Waals surface area contributed by atoms with E-state index in [9.17, 15) is 24.3 Å². The standard InChI is InChI=1S/C25H29N5O6/c31-20-11-18(25(35)36-20)29-22(32)19-13-26-12-15-6-2-4-8-17(24(34)30(15)19)28-23(33)21-16-7-3-1-5-14(16)9-10-27-21/h1,3,5,7,9-10,15,17-19,25-26,35H,2,4,6,8,11-13H2,(H,28,33)(H,29,32)/t15-,17-,18?,19-,25?/m0/s1. The van der Waals surface area contributed by atoms with Gasteiger partial charge in [0.25, 0.3) is 5.91 Å². The second-order valence-electron chi connectivity index (χ2n) is 9.46. The number of nitrogens with zero attached hydrogens (tertiary/aromatic N) is 2. The molecule has 3 aliphatic rings. The number of nitrogens with one attached hydrogen (secondary N) is 3. The number of rotatable bonds is 4. The fourth-order valence-electron chi connectivity index (χ4n) is 5.27. The average Bonchev–Trinajstić information content (AvgIpc) is 3.19. The molecule has 3 fully saturated rings. The molecule has 2 unspecified atom stereocenters. The van der Waals surface area contributed by atoms with Crippen LogP contribution in [0, 0.1) is 0 Å². The number of aliphatic hydroxyl groups excluding tert-OH is 1. The molecule has 2 aromatic rings. The molecule has 0 spiro atoms. The summed E-state index contributed by atoms with van der Waals surface area (Å²) in [6.07, 6.45) is 2.78. The molecule has 3 amide bonds. The van der Waals surface area contributed by atoms with Crippen LogP contribution >= 0.6 is 0 Å². The van der Waals surface area contributed by atoms with Gasteiger partial charge < -0.3 is 30.7 Å². The number of benzene rings is 1. The number of hydrogen-bond acceptors (Lipinski definition) is 8. The molecule has 0 saturated carbocycles. The van der Waals surface area contributed by atoms with Crippen molar-refractivity contribution in [2.75, 3.05) is 13.1 Å². The van der Waals surface area contributed by atoms with Crippen molar-refractivity contribution in [1.29, 1.82) is 0 Å². The Bertz CT molecular complexity index is 1180. The van der Waals surface area contributed by atoms with Gasteiger partial charge in [-0.15, -0.1) is 0 Å². The van der Waals surface area contributed by atoms with E-state index in [1.165, 1.54) is 0 Å². The molecule has 0 bridgehead atoms. The normalized spacial score (nSPS) is 28.6. The first kappa shape index (κ1) is 24.1. The number of pyridine rings is 1. The number of hydrogen-bond donors (Lipinski definition) is 4. The van der Waals surface area contributed by atoms with Gasteiger partial charge in [-0.25, -0.2) is 0 Å². The number of carbonyl (C=O) groups excluding carboxylic acids is 4. The lowest BCUT2D eigenvalue weighted by molar-refractivity contribution is -0.156. The van der Waals surface area contributed by atoms with Gasteiger partial charge in [0.05, 0.1) is 6.42 Å². The molecular weight excluding hydrogens is 466 g/mol. The Morgan fingerprint density at radius 3 is 2.69 bits per heavy atom. The van der Waals surface area contributed by atoms with Gasteiger partial charge >= 0.3 is 5.97 Å². The molecule has 11 nitrogen and oxygen atoms in total. The van der Waals surface area contributed by atoms with Crippen molar-refractivity contribution in [1.82, 2.24) is 25.8 Å². The molecular formula is C25H29N5O6. The predicted molar refractivity (Wildman–Crippen MR) is 127 cm³/mol. The van der Waals surface area contributed by atoms with E-state index in [0.717, 1.165) is 24.6 Å². The third-order valence-corrected chi connectivity index (χ3v) is 7.09. The van der Waals surface area contributed by atoms with Crippen LogP contribution in [-0.2, 0) is 19.1 Å². The zero-order valence-corrected chi connectivity index (χ0v) is 19.7. The Balaban J connectivity index is 1.36. The SMILES string of the molecule is O=C1CC(NC(=O)[C@@H]2CNC[C@@H]3CCCC[C@H](NC(=O)c4nccc5ccccc45)C(=O)N32)C(O)O1. The van der Waals surface area contributed by atoms with Gasteiger partial charge in [0.1, 0.15) is 23.8 Å². The Morgan fingerprint density at radius 2 is 1.89 bits per heavy atom. The van der Waals surface area contributed by atoms with Crippen LogP contribution in [0.1, 0.15) is 42.6 Å². The van der Waals surface area contributed by atoms with Crippen molar-refractivity contribution in [3.63, 3.8) is 0 Å². The Morgan fingerprint density at radius 1 is 1.08 bits per heavy atom. The highest BCUT2D eigenvalue weighted by Gasteiger charge is 2.44. The highest BCUT2D eigenvalue weighted by Crippen LogP contribution is 2.24. The van der Waals surface area contributed by atoms with Gasteiger partial charge in [-0.2, -0.15) is 0 Å². The first-order valence-electron chi connectivity index (χ1n) is 12.3. The lowest BCUT2D eigenvalue weighted by Gasteiger charge is -2.44. The molecule has 11 heteroatoms. The molecule has 5 rings (SSSR count). The summed E-state index contributed by atoms with van der Waals surface area (Å²) in [5.74, 6) is -1.85. The number of esters is 1. The third-order valence-electron chi connectivity index (χ3n) is 7.09. The summed E-state index contributed by atoms with van der Waals surface area (Å²) in [4.78, 5) is 57.5. The van der Waals surface area contributed by atoms with Crippen LogP contribution in [0.4, 0.5) is 0 Å². The minimum absolute atomic E-state index is 0.138. The molecule has 3 saturated heterocycles. The summed E-state index contributed by atoms with van der Waals surface area (Å²) in [6.45, 7) is 0.756. The number of amides is 3. The van der Waals surface area contributed by atoms with Crippen molar-refractivity contribution < 1.29 is 29.0 Å². The van der Waals surface area contributed by atoms with E-state index in [4.69, 9.17) is 4.74 Å². The summed E-state index contributed by atoms with van der Waals surface area (Å²) in [6, 6.07) is 6.48. The fourth-order valence-corrected chi connectivity index (χ4v) is 5.27. The van der Waals surface area contributed by atoms with Gasteiger partial charge in [-0.05, 0) is 24.3 Å². The van der Waals surface area contributed by atoms with E-state index >= 15 is 0 Å². The fraction of sp³-hybridized carbons (Fsp3) is 0.480. The number of cyclic esters (lactones) is 1. The van der Waals surface area contributed by atoms with E-state index in [1.807, 2.05) is 30.3 Å². The number of aromatic nitrogens is 1. The van der Waals surface area contributed by atoms with Crippen molar-refractivity contribution in [3.05, 3.63) is 42.2 Å². The molecule has 0 aliphatic carbocycles. The van der Waals surface area contributed by atoms with E-state index in [2.05, 4.69) is 20.9 Å². The molecule has 5 atom stereocenters. The maximum absolute atomic E-state index is 13.8. The Hall–Kier alpha value is -3.57. The minimum atomic E-state index is -1.42. The maximum atomic E-state index is 13.8. The van der Waals surface area contributed by atoms with Gasteiger partial charge in [0.2, 0.25) is 18.1 Å². The summed E-state index contributed by atoms with van der Waals surface area (Å²) in [5, 5.41) is 20.2. The average molecular weight is 496 g/mol. The topological polar surface area (TPSA) is 150 Å². The van der Waals surface area contributed by atoms with Crippen molar-refractivity contribution in [2.45, 2.75) is 62.6 Å². The molecule has 190 valence electrons. The number of fused-ring (bicyclic) bond motifs is 2. The zero-order chi connectivity index (χ0) is 25.2. The molecule has 1 aromatic heterocycles. The Kier molecular flexibility index (Phi) is 6.84. The summed E-state index contributed by atoms with van der Waals surface area (Å²) in [7, 11) is 0. The monoisotopic (exact) mass is 495 g/mol. The van der Waals surface area contributed by atoms with Crippen LogP contribution in [0.5, 0.6) is 0 Å². The first-order chi connectivity index (χ1) is 17.4. The molecule has 36 heavy (non-hydrogen) atoms. The van der Waals surface area contributed by atoms with Gasteiger partial charge in [-0.3, -0.25) is 24.2 Å². The first-order valence-corrected chi connectivity index (χ1v) is 12.3. The van der Waals surface area contributed by atoms with E-state index < -0.39 is 42.2 Å². The van der Waals surface area contributed by atoms with Crippen LogP contribution in [0.3, 0.4) is 0 Å². The van der Waals surface area contributed by atoms with Crippen LogP contribution in [0.15, 0.2) is 36.5 Å². The molecule has 4 heterocycles. The number of ether oxygens (including phenoxy) is 1. The number of carbonyl (C=O) groups is 4. The van der Waals surface area contributed by atoms with Crippen molar-refractivity contribution in [2.24, 2.45) is 0 Å². The van der Waals surface area contributed by atoms with Crippen molar-refractivity contribution in [3.8, 4) is 0 Å². The van der Waals surface area contributed by atoms with Gasteiger partial charge in [-0.1, -0.05) is 37.1 Å². The van der Waals surface area contributed by atoms with Crippen LogP contribution in [0.25, 0.3) is 10.8 Å². The van der Waals surface area contributed by atoms with Gasteiger partial charge in [0, 0.05) is 30.7 Å². The summed E-state index contributed by atoms with van der Waals surface area (Å²) in [5.41, 5.74) is 0.244. The highest BCUT2D eigenvalue weighted by molar-refractivity contribution is 6.06. The van der Waals surface area contributed by atoms with E-state index in [0.29, 0.717) is 18.4 Å². The smallest absolute Gasteiger partial charge is 0.310 e. The van der Waals surface area contributed by atoms with Gasteiger partial charge in [0.15, 0.2) is 0 Å². The number of piperazine rings is 1. The van der Waals surface area contributed by atoms with Crippen LogP contribution < -0.4 is 16.0 Å². The second-order valence-corrected chi connectivity index (χ2v) is 9.46. The maximum Gasteiger partial charge on any atom is 0.310 e. The lowest BCUT2D eigenvalue weighted by Crippen LogP contribution is -2.67. The van der Waals surface area contributed by atoms with Crippen LogP contribution in [-0.4, -0.2) is 82.2 Å². The summed E-state index contributed by atoms with van der Waals surface area (Å²) >= 11 is 0. The largest absolute Gasteiger partial charge is 0.434 e. The van der Waals surface area contributed by atoms with Crippen LogP contribution in [0.2, 0.25) is 0 Å². The minimum Gasteiger partial charge on any atom is -0.434 e. The molecule has 0 radical (unpaired) electrons. The van der Waals surface area contributed by atoms with E-state index in [1.54, 1.807) is 11.1 Å². The number of aliphatic hydroxyl groups is 1. The van der Waals surface area contributed by atoms with E-state index in [-0.39, 0.29) is 30.6 Å².